The van der Waals surface area contributed by atoms with E-state index in [1.165, 1.54) is 12.1 Å². The second-order valence-electron chi connectivity index (χ2n) is 4.19. The Morgan fingerprint density at radius 3 is 2.65 bits per heavy atom. The van der Waals surface area contributed by atoms with Crippen molar-refractivity contribution in [2.75, 3.05) is 7.11 Å². The van der Waals surface area contributed by atoms with Gasteiger partial charge in [-0.25, -0.2) is 5.10 Å². The van der Waals surface area contributed by atoms with Crippen LogP contribution in [0.1, 0.15) is 21.6 Å². The highest BCUT2D eigenvalue weighted by Crippen LogP contribution is 2.09. The summed E-state index contributed by atoms with van der Waals surface area (Å²) < 4.78 is 5.11. The molecule has 0 aliphatic heterocycles. The van der Waals surface area contributed by atoms with Crippen LogP contribution < -0.4 is 10.9 Å². The van der Waals surface area contributed by atoms with Gasteiger partial charge in [0, 0.05) is 19.7 Å². The average Bonchev–Trinajstić information content (AvgIpc) is 2.47. The molecule has 0 fully saturated rings. The van der Waals surface area contributed by atoms with Crippen LogP contribution in [0.3, 0.4) is 0 Å². The molecule has 1 aromatic heterocycles. The molecule has 0 aliphatic rings. The zero-order chi connectivity index (χ0) is 14.4. The highest BCUT2D eigenvalue weighted by molar-refractivity contribution is 5.91. The number of amides is 1. The molecule has 2 N–H and O–H groups in total. The van der Waals surface area contributed by atoms with Crippen molar-refractivity contribution >= 4 is 5.91 Å². The first-order valence-electron chi connectivity index (χ1n) is 6.10. The van der Waals surface area contributed by atoms with Crippen LogP contribution in [0, 0.1) is 0 Å². The summed E-state index contributed by atoms with van der Waals surface area (Å²) in [6.45, 7) is 0.863. The predicted octanol–water partition coefficient (Wildman–Crippen LogP) is 0.846. The highest BCUT2D eigenvalue weighted by atomic mass is 16.5. The number of carbonyl (C=O) groups is 1. The van der Waals surface area contributed by atoms with E-state index in [-0.39, 0.29) is 17.2 Å². The minimum atomic E-state index is -0.341. The molecule has 2 rings (SSSR count). The van der Waals surface area contributed by atoms with E-state index >= 15 is 0 Å². The molecule has 104 valence electrons. The first kappa shape index (κ1) is 14.0. The fourth-order valence-corrected chi connectivity index (χ4v) is 1.76. The van der Waals surface area contributed by atoms with Crippen molar-refractivity contribution < 1.29 is 9.53 Å². The minimum Gasteiger partial charge on any atom is -0.380 e. The van der Waals surface area contributed by atoms with Crippen molar-refractivity contribution in [3.63, 3.8) is 0 Å². The number of hydrogen-bond acceptors (Lipinski definition) is 4. The quantitative estimate of drug-likeness (QED) is 0.845. The SMILES string of the molecule is COCc1ccccc1CNC(=O)c1ccc(=O)[nH]n1. The van der Waals surface area contributed by atoms with Crippen LogP contribution in [-0.4, -0.2) is 23.2 Å². The zero-order valence-electron chi connectivity index (χ0n) is 11.1. The number of carbonyl (C=O) groups excluding carboxylic acids is 1. The maximum atomic E-state index is 11.9. The summed E-state index contributed by atoms with van der Waals surface area (Å²) in [5, 5.41) is 8.65. The number of benzene rings is 1. The monoisotopic (exact) mass is 273 g/mol. The van der Waals surface area contributed by atoms with E-state index in [4.69, 9.17) is 4.74 Å². The van der Waals surface area contributed by atoms with Gasteiger partial charge in [-0.3, -0.25) is 9.59 Å². The van der Waals surface area contributed by atoms with Gasteiger partial charge in [0.25, 0.3) is 11.5 Å². The molecule has 0 unspecified atom stereocenters. The van der Waals surface area contributed by atoms with Crippen LogP contribution in [0.2, 0.25) is 0 Å². The highest BCUT2D eigenvalue weighted by Gasteiger charge is 2.08. The third-order valence-corrected chi connectivity index (χ3v) is 2.77. The first-order valence-corrected chi connectivity index (χ1v) is 6.10. The molecule has 0 aliphatic carbocycles. The van der Waals surface area contributed by atoms with Crippen molar-refractivity contribution in [1.82, 2.24) is 15.5 Å². The summed E-state index contributed by atoms with van der Waals surface area (Å²) >= 11 is 0. The lowest BCUT2D eigenvalue weighted by molar-refractivity contribution is 0.0944. The van der Waals surface area contributed by atoms with Crippen molar-refractivity contribution in [3.8, 4) is 0 Å². The number of H-pyrrole nitrogens is 1. The van der Waals surface area contributed by atoms with Gasteiger partial charge >= 0.3 is 0 Å². The summed E-state index contributed by atoms with van der Waals surface area (Å²) in [6.07, 6.45) is 0. The Kier molecular flexibility index (Phi) is 4.62. The normalized spacial score (nSPS) is 10.2. The Balaban J connectivity index is 2.03. The van der Waals surface area contributed by atoms with E-state index in [0.29, 0.717) is 13.2 Å². The number of nitrogens with one attached hydrogen (secondary N) is 2. The molecule has 0 saturated heterocycles. The summed E-state index contributed by atoms with van der Waals surface area (Å²) in [5.41, 5.74) is 1.83. The second kappa shape index (κ2) is 6.63. The average molecular weight is 273 g/mol. The van der Waals surface area contributed by atoms with Crippen LogP contribution in [0.15, 0.2) is 41.2 Å². The van der Waals surface area contributed by atoms with E-state index in [2.05, 4.69) is 15.5 Å². The number of aromatic nitrogens is 2. The molecular formula is C14H15N3O3. The van der Waals surface area contributed by atoms with Crippen molar-refractivity contribution in [3.05, 3.63) is 63.6 Å². The maximum absolute atomic E-state index is 11.9. The smallest absolute Gasteiger partial charge is 0.271 e. The molecule has 1 heterocycles. The molecule has 6 nitrogen and oxygen atoms in total. The largest absolute Gasteiger partial charge is 0.380 e. The molecule has 0 saturated carbocycles. The molecule has 20 heavy (non-hydrogen) atoms. The van der Waals surface area contributed by atoms with Gasteiger partial charge in [0.05, 0.1) is 6.61 Å². The minimum absolute atomic E-state index is 0.175. The Labute approximate surface area is 115 Å². The van der Waals surface area contributed by atoms with E-state index < -0.39 is 0 Å². The molecular weight excluding hydrogens is 258 g/mol. The number of hydrogen-bond donors (Lipinski definition) is 2. The number of nitrogens with zero attached hydrogens (tertiary/aromatic N) is 1. The standard InChI is InChI=1S/C14H15N3O3/c1-20-9-11-5-3-2-4-10(11)8-15-14(19)12-6-7-13(18)17-16-12/h2-7H,8-9H2,1H3,(H,15,19)(H,17,18). The van der Waals surface area contributed by atoms with E-state index in [1.807, 2.05) is 24.3 Å². The van der Waals surface area contributed by atoms with Gasteiger partial charge in [-0.1, -0.05) is 24.3 Å². The number of methoxy groups -OCH3 is 1. The van der Waals surface area contributed by atoms with Gasteiger partial charge < -0.3 is 10.1 Å². The number of rotatable bonds is 5. The van der Waals surface area contributed by atoms with Gasteiger partial charge in [-0.2, -0.15) is 5.10 Å². The van der Waals surface area contributed by atoms with Crippen LogP contribution in [0.5, 0.6) is 0 Å². The van der Waals surface area contributed by atoms with Crippen molar-refractivity contribution in [1.29, 1.82) is 0 Å². The molecule has 0 radical (unpaired) electrons. The van der Waals surface area contributed by atoms with Crippen LogP contribution in [0.4, 0.5) is 0 Å². The fourth-order valence-electron chi connectivity index (χ4n) is 1.76. The van der Waals surface area contributed by atoms with Gasteiger partial charge in [-0.05, 0) is 17.2 Å². The molecule has 2 aromatic rings. The molecule has 1 amide bonds. The van der Waals surface area contributed by atoms with Gasteiger partial charge in [0.1, 0.15) is 5.69 Å². The van der Waals surface area contributed by atoms with Gasteiger partial charge in [0.15, 0.2) is 0 Å². The summed E-state index contributed by atoms with van der Waals surface area (Å²) in [6, 6.07) is 10.3. The summed E-state index contributed by atoms with van der Waals surface area (Å²) in [4.78, 5) is 22.7. The predicted molar refractivity (Wildman–Crippen MR) is 73.2 cm³/mol. The molecule has 1 aromatic carbocycles. The van der Waals surface area contributed by atoms with Crippen LogP contribution in [-0.2, 0) is 17.9 Å². The van der Waals surface area contributed by atoms with Gasteiger partial charge in [0.2, 0.25) is 0 Å². The lowest BCUT2D eigenvalue weighted by Gasteiger charge is -2.09. The first-order chi connectivity index (χ1) is 9.70. The topological polar surface area (TPSA) is 84.1 Å². The molecule has 6 heteroatoms. The Morgan fingerprint density at radius 1 is 1.25 bits per heavy atom. The van der Waals surface area contributed by atoms with Crippen LogP contribution in [0.25, 0.3) is 0 Å². The lowest BCUT2D eigenvalue weighted by atomic mass is 10.1. The molecule has 0 spiro atoms. The van der Waals surface area contributed by atoms with Crippen molar-refractivity contribution in [2.24, 2.45) is 0 Å². The summed E-state index contributed by atoms with van der Waals surface area (Å²) in [5.74, 6) is -0.339. The maximum Gasteiger partial charge on any atom is 0.271 e. The number of ether oxygens (including phenoxy) is 1. The zero-order valence-corrected chi connectivity index (χ0v) is 11.1. The number of aromatic amines is 1. The third-order valence-electron chi connectivity index (χ3n) is 2.77. The molecule has 0 atom stereocenters. The van der Waals surface area contributed by atoms with E-state index in [0.717, 1.165) is 11.1 Å². The fraction of sp³-hybridized carbons (Fsp3) is 0.214. The lowest BCUT2D eigenvalue weighted by Crippen LogP contribution is -2.25. The van der Waals surface area contributed by atoms with Gasteiger partial charge in [-0.15, -0.1) is 0 Å². The Hall–Kier alpha value is -2.47. The van der Waals surface area contributed by atoms with Crippen molar-refractivity contribution in [2.45, 2.75) is 13.2 Å². The third kappa shape index (κ3) is 3.52. The van der Waals surface area contributed by atoms with E-state index in [1.54, 1.807) is 7.11 Å². The second-order valence-corrected chi connectivity index (χ2v) is 4.19. The van der Waals surface area contributed by atoms with E-state index in [9.17, 15) is 9.59 Å². The van der Waals surface area contributed by atoms with Crippen LogP contribution >= 0.6 is 0 Å². The molecule has 0 bridgehead atoms. The Bertz CT molecular complexity index is 632. The Morgan fingerprint density at radius 2 is 2.00 bits per heavy atom. The summed E-state index contributed by atoms with van der Waals surface area (Å²) in [7, 11) is 1.62.